The zero-order valence-electron chi connectivity index (χ0n) is 14.6. The summed E-state index contributed by atoms with van der Waals surface area (Å²) in [7, 11) is 0. The highest BCUT2D eigenvalue weighted by atomic mass is 35.5. The molecule has 0 aliphatic carbocycles. The van der Waals surface area contributed by atoms with Gasteiger partial charge in [-0.25, -0.2) is 0 Å². The Morgan fingerprint density at radius 1 is 1.38 bits per heavy atom. The van der Waals surface area contributed by atoms with Crippen LogP contribution in [0.5, 0.6) is 0 Å². The molecule has 0 saturated carbocycles. The molecule has 1 aromatic carbocycles. The fourth-order valence-corrected chi connectivity index (χ4v) is 3.29. The van der Waals surface area contributed by atoms with Crippen molar-refractivity contribution in [1.82, 2.24) is 10.6 Å². The van der Waals surface area contributed by atoms with Crippen molar-refractivity contribution in [2.75, 3.05) is 23.7 Å². The summed E-state index contributed by atoms with van der Waals surface area (Å²) < 4.78 is 0. The van der Waals surface area contributed by atoms with E-state index in [1.165, 1.54) is 4.90 Å². The van der Waals surface area contributed by atoms with Crippen molar-refractivity contribution < 1.29 is 14.4 Å². The summed E-state index contributed by atoms with van der Waals surface area (Å²) in [6.07, 6.45) is 0.827. The van der Waals surface area contributed by atoms with Gasteiger partial charge in [0.2, 0.25) is 11.8 Å². The number of hydrogen-bond donors (Lipinski definition) is 2. The molecule has 2 N–H and O–H groups in total. The molecule has 3 amide bonds. The molecular formula is C17H21ClN4O3S. The number of halogens is 1. The first-order chi connectivity index (χ1) is 12.4. The molecule has 1 heterocycles. The minimum atomic E-state index is -0.624. The lowest BCUT2D eigenvalue weighted by Crippen LogP contribution is -2.45. The van der Waals surface area contributed by atoms with Gasteiger partial charge in [-0.3, -0.25) is 24.3 Å². The van der Waals surface area contributed by atoms with E-state index in [-0.39, 0.29) is 30.0 Å². The Hall–Kier alpha value is -2.06. The summed E-state index contributed by atoms with van der Waals surface area (Å²) in [5.41, 5.74) is 0.538. The van der Waals surface area contributed by atoms with E-state index in [1.54, 1.807) is 31.2 Å². The Morgan fingerprint density at radius 2 is 2.12 bits per heavy atom. The summed E-state index contributed by atoms with van der Waals surface area (Å²) in [4.78, 5) is 41.6. The number of aliphatic imine (C=N–C) groups is 1. The number of benzene rings is 1. The molecule has 0 fully saturated rings. The maximum Gasteiger partial charge on any atom is 0.254 e. The number of amides is 3. The fraction of sp³-hybridized carbons (Fsp3) is 0.412. The highest BCUT2D eigenvalue weighted by Crippen LogP contribution is 2.30. The molecule has 9 heteroatoms. The van der Waals surface area contributed by atoms with Crippen LogP contribution in [0, 0.1) is 0 Å². The lowest BCUT2D eigenvalue weighted by molar-refractivity contribution is -0.127. The quantitative estimate of drug-likeness (QED) is 0.735. The van der Waals surface area contributed by atoms with Gasteiger partial charge < -0.3 is 10.6 Å². The highest BCUT2D eigenvalue weighted by Gasteiger charge is 2.29. The maximum absolute atomic E-state index is 12.1. The van der Waals surface area contributed by atoms with Gasteiger partial charge in [0.15, 0.2) is 5.17 Å². The van der Waals surface area contributed by atoms with Gasteiger partial charge in [-0.2, -0.15) is 0 Å². The first-order valence-electron chi connectivity index (χ1n) is 8.25. The summed E-state index contributed by atoms with van der Waals surface area (Å²) in [6, 6.07) is 6.34. The molecule has 0 saturated heterocycles. The van der Waals surface area contributed by atoms with Gasteiger partial charge >= 0.3 is 0 Å². The Labute approximate surface area is 161 Å². The van der Waals surface area contributed by atoms with Gasteiger partial charge in [-0.05, 0) is 25.5 Å². The molecule has 1 atom stereocenters. The molecule has 0 aromatic heterocycles. The number of anilines is 1. The number of nitrogens with zero attached hydrogens (tertiary/aromatic N) is 2. The third-order valence-electron chi connectivity index (χ3n) is 3.54. The summed E-state index contributed by atoms with van der Waals surface area (Å²) in [6.45, 7) is 4.17. The smallest absolute Gasteiger partial charge is 0.254 e. The van der Waals surface area contributed by atoms with Crippen LogP contribution in [0.3, 0.4) is 0 Å². The molecule has 0 radical (unpaired) electrons. The summed E-state index contributed by atoms with van der Waals surface area (Å²) in [5, 5.41) is 6.21. The topological polar surface area (TPSA) is 90.9 Å². The normalized spacial score (nSPS) is 14.8. The Balaban J connectivity index is 1.92. The molecule has 1 aromatic rings. The van der Waals surface area contributed by atoms with Gasteiger partial charge in [-0.15, -0.1) is 0 Å². The van der Waals surface area contributed by atoms with E-state index in [0.29, 0.717) is 22.4 Å². The first kappa shape index (κ1) is 20.3. The average Bonchev–Trinajstić information content (AvgIpc) is 2.98. The average molecular weight is 397 g/mol. The number of carbonyl (C=O) groups excluding carboxylic acids is 3. The molecule has 1 aliphatic rings. The predicted molar refractivity (Wildman–Crippen MR) is 105 cm³/mol. The molecular weight excluding hydrogens is 376 g/mol. The van der Waals surface area contributed by atoms with Crippen LogP contribution in [0.4, 0.5) is 5.69 Å². The van der Waals surface area contributed by atoms with E-state index in [0.717, 1.165) is 18.2 Å². The van der Waals surface area contributed by atoms with Crippen LogP contribution >= 0.6 is 23.4 Å². The first-order valence-corrected chi connectivity index (χ1v) is 9.62. The van der Waals surface area contributed by atoms with Crippen molar-refractivity contribution >= 4 is 51.9 Å². The zero-order chi connectivity index (χ0) is 19.1. The van der Waals surface area contributed by atoms with E-state index < -0.39 is 6.04 Å². The summed E-state index contributed by atoms with van der Waals surface area (Å²) >= 11 is 7.29. The van der Waals surface area contributed by atoms with Crippen molar-refractivity contribution in [2.45, 2.75) is 26.3 Å². The van der Waals surface area contributed by atoms with Crippen molar-refractivity contribution in [1.29, 1.82) is 0 Å². The predicted octanol–water partition coefficient (Wildman–Crippen LogP) is 1.81. The second-order valence-corrected chi connectivity index (χ2v) is 7.00. The van der Waals surface area contributed by atoms with Crippen molar-refractivity contribution in [3.63, 3.8) is 0 Å². The van der Waals surface area contributed by atoms with Crippen LogP contribution in [-0.4, -0.2) is 47.8 Å². The van der Waals surface area contributed by atoms with E-state index in [9.17, 15) is 14.4 Å². The standard InChI is InChI=1S/C17H21ClN4O3S/c1-3-8-19-16(25)11(2)21-14(23)10-26-17-20-9-15(24)22(17)13-7-5-4-6-12(13)18/h4-7,11H,3,8-10H2,1-2H3,(H,19,25)(H,21,23)/t11-/m0/s1. The van der Waals surface area contributed by atoms with Gasteiger partial charge in [0.05, 0.1) is 16.5 Å². The molecule has 140 valence electrons. The van der Waals surface area contributed by atoms with Crippen LogP contribution in [0.2, 0.25) is 5.02 Å². The van der Waals surface area contributed by atoms with Crippen molar-refractivity contribution in [3.8, 4) is 0 Å². The lowest BCUT2D eigenvalue weighted by Gasteiger charge is -2.19. The Bertz CT molecular complexity index is 726. The lowest BCUT2D eigenvalue weighted by atomic mass is 10.3. The monoisotopic (exact) mass is 396 g/mol. The van der Waals surface area contributed by atoms with Crippen molar-refractivity contribution in [3.05, 3.63) is 29.3 Å². The number of carbonyl (C=O) groups is 3. The summed E-state index contributed by atoms with van der Waals surface area (Å²) in [5.74, 6) is -0.696. The van der Waals surface area contributed by atoms with Crippen LogP contribution < -0.4 is 15.5 Å². The molecule has 0 spiro atoms. The second kappa shape index (κ2) is 9.59. The Kier molecular flexibility index (Phi) is 7.47. The van der Waals surface area contributed by atoms with Gasteiger partial charge in [0.25, 0.3) is 5.91 Å². The molecule has 0 unspecified atom stereocenters. The van der Waals surface area contributed by atoms with Crippen LogP contribution in [0.15, 0.2) is 29.3 Å². The minimum Gasteiger partial charge on any atom is -0.354 e. The third kappa shape index (κ3) is 5.22. The van der Waals surface area contributed by atoms with Crippen LogP contribution in [0.1, 0.15) is 20.3 Å². The van der Waals surface area contributed by atoms with E-state index >= 15 is 0 Å². The van der Waals surface area contributed by atoms with Gasteiger partial charge in [0, 0.05) is 6.54 Å². The zero-order valence-corrected chi connectivity index (χ0v) is 16.2. The number of rotatable bonds is 7. The molecule has 2 rings (SSSR count). The van der Waals surface area contributed by atoms with Crippen LogP contribution in [-0.2, 0) is 14.4 Å². The fourth-order valence-electron chi connectivity index (χ4n) is 2.24. The number of nitrogens with one attached hydrogen (secondary N) is 2. The largest absolute Gasteiger partial charge is 0.354 e. The molecule has 7 nitrogen and oxygen atoms in total. The third-order valence-corrected chi connectivity index (χ3v) is 4.83. The number of hydrogen-bond acceptors (Lipinski definition) is 5. The van der Waals surface area contributed by atoms with Crippen LogP contribution in [0.25, 0.3) is 0 Å². The van der Waals surface area contributed by atoms with Gasteiger partial charge in [0.1, 0.15) is 12.6 Å². The van der Waals surface area contributed by atoms with E-state index in [2.05, 4.69) is 15.6 Å². The molecule has 26 heavy (non-hydrogen) atoms. The number of para-hydroxylation sites is 1. The Morgan fingerprint density at radius 3 is 2.81 bits per heavy atom. The second-order valence-electron chi connectivity index (χ2n) is 5.65. The maximum atomic E-state index is 12.1. The van der Waals surface area contributed by atoms with Crippen molar-refractivity contribution in [2.24, 2.45) is 4.99 Å². The number of thioether (sulfide) groups is 1. The molecule has 1 aliphatic heterocycles. The van der Waals surface area contributed by atoms with E-state index in [1.807, 2.05) is 6.92 Å². The molecule has 0 bridgehead atoms. The van der Waals surface area contributed by atoms with E-state index in [4.69, 9.17) is 11.6 Å². The van der Waals surface area contributed by atoms with Gasteiger partial charge in [-0.1, -0.05) is 42.4 Å². The minimum absolute atomic E-state index is 0.0189. The highest BCUT2D eigenvalue weighted by molar-refractivity contribution is 8.14. The number of amidine groups is 1. The SMILES string of the molecule is CCCNC(=O)[C@H](C)NC(=O)CSC1=NCC(=O)N1c1ccccc1Cl.